The Bertz CT molecular complexity index is 1060. The van der Waals surface area contributed by atoms with E-state index in [9.17, 15) is 13.2 Å². The lowest BCUT2D eigenvalue weighted by molar-refractivity contribution is 0.102. The second-order valence-corrected chi connectivity index (χ2v) is 7.93. The molecular weight excluding hydrogens is 364 g/mol. The zero-order valence-electron chi connectivity index (χ0n) is 15.0. The van der Waals surface area contributed by atoms with Crippen LogP contribution in [0.2, 0.25) is 0 Å². The zero-order valence-corrected chi connectivity index (χ0v) is 15.8. The number of nitrogens with zero attached hydrogens (tertiary/aromatic N) is 2. The predicted octanol–water partition coefficient (Wildman–Crippen LogP) is 2.40. The number of nitrogens with one attached hydrogen (secondary N) is 2. The highest BCUT2D eigenvalue weighted by Crippen LogP contribution is 2.18. The van der Waals surface area contributed by atoms with Gasteiger partial charge in [-0.1, -0.05) is 18.2 Å². The standard InChI is InChI=1S/C19H20N4O3S/c1-14-7-8-17(27(25,26)20-2)12-18(14)19(24)22-16-6-3-5-15(11-16)13-23-10-4-9-21-23/h3-12,20H,13H2,1-2H3,(H,22,24). The number of aromatic nitrogens is 2. The van der Waals surface area contributed by atoms with Gasteiger partial charge in [0.05, 0.1) is 11.4 Å². The molecule has 2 aromatic carbocycles. The molecule has 0 radical (unpaired) electrons. The average molecular weight is 384 g/mol. The smallest absolute Gasteiger partial charge is 0.255 e. The maximum Gasteiger partial charge on any atom is 0.255 e. The Hall–Kier alpha value is -2.97. The van der Waals surface area contributed by atoms with Crippen LogP contribution in [0.1, 0.15) is 21.5 Å². The van der Waals surface area contributed by atoms with Crippen LogP contribution in [0.25, 0.3) is 0 Å². The number of hydrogen-bond donors (Lipinski definition) is 2. The monoisotopic (exact) mass is 384 g/mol. The summed E-state index contributed by atoms with van der Waals surface area (Å²) < 4.78 is 28.0. The first-order valence-electron chi connectivity index (χ1n) is 8.31. The normalized spacial score (nSPS) is 11.3. The van der Waals surface area contributed by atoms with E-state index in [1.165, 1.54) is 19.2 Å². The van der Waals surface area contributed by atoms with Crippen LogP contribution in [0, 0.1) is 6.92 Å². The van der Waals surface area contributed by atoms with Gasteiger partial charge in [0.1, 0.15) is 0 Å². The fourth-order valence-corrected chi connectivity index (χ4v) is 3.41. The van der Waals surface area contributed by atoms with E-state index in [0.717, 1.165) is 5.56 Å². The maximum atomic E-state index is 12.7. The van der Waals surface area contributed by atoms with Crippen LogP contribution < -0.4 is 10.0 Å². The number of anilines is 1. The van der Waals surface area contributed by atoms with Crippen LogP contribution in [-0.4, -0.2) is 31.2 Å². The number of hydrogen-bond acceptors (Lipinski definition) is 4. The molecule has 0 unspecified atom stereocenters. The van der Waals surface area contributed by atoms with Crippen molar-refractivity contribution in [2.24, 2.45) is 0 Å². The van der Waals surface area contributed by atoms with Gasteiger partial charge in [0, 0.05) is 23.6 Å². The Labute approximate surface area is 158 Å². The summed E-state index contributed by atoms with van der Waals surface area (Å²) in [6.07, 6.45) is 3.57. The van der Waals surface area contributed by atoms with E-state index in [1.807, 2.05) is 30.5 Å². The van der Waals surface area contributed by atoms with Crippen molar-refractivity contribution < 1.29 is 13.2 Å². The summed E-state index contributed by atoms with van der Waals surface area (Å²) in [7, 11) is -2.29. The summed E-state index contributed by atoms with van der Waals surface area (Å²) in [5.74, 6) is -0.364. The van der Waals surface area contributed by atoms with Crippen molar-refractivity contribution in [1.29, 1.82) is 0 Å². The molecule has 2 N–H and O–H groups in total. The first-order valence-corrected chi connectivity index (χ1v) is 9.79. The Morgan fingerprint density at radius 2 is 1.96 bits per heavy atom. The van der Waals surface area contributed by atoms with Crippen molar-refractivity contribution in [3.63, 3.8) is 0 Å². The lowest BCUT2D eigenvalue weighted by Gasteiger charge is -2.11. The van der Waals surface area contributed by atoms with Crippen LogP contribution in [0.5, 0.6) is 0 Å². The molecule has 0 fully saturated rings. The second kappa shape index (κ2) is 7.73. The van der Waals surface area contributed by atoms with Crippen LogP contribution >= 0.6 is 0 Å². The fraction of sp³-hybridized carbons (Fsp3) is 0.158. The first-order chi connectivity index (χ1) is 12.9. The van der Waals surface area contributed by atoms with Gasteiger partial charge in [0.25, 0.3) is 5.91 Å². The Morgan fingerprint density at radius 3 is 2.67 bits per heavy atom. The number of carbonyl (C=O) groups excluding carboxylic acids is 1. The largest absolute Gasteiger partial charge is 0.322 e. The summed E-state index contributed by atoms with van der Waals surface area (Å²) in [5.41, 5.74) is 2.62. The van der Waals surface area contributed by atoms with Crippen LogP contribution in [0.3, 0.4) is 0 Å². The first kappa shape index (κ1) is 18.8. The van der Waals surface area contributed by atoms with Crippen molar-refractivity contribution >= 4 is 21.6 Å². The van der Waals surface area contributed by atoms with E-state index in [2.05, 4.69) is 15.1 Å². The molecule has 0 aliphatic heterocycles. The van der Waals surface area contributed by atoms with Gasteiger partial charge in [-0.05, 0) is 55.4 Å². The number of amides is 1. The minimum Gasteiger partial charge on any atom is -0.322 e. The van der Waals surface area contributed by atoms with Gasteiger partial charge < -0.3 is 5.32 Å². The van der Waals surface area contributed by atoms with Crippen LogP contribution in [-0.2, 0) is 16.6 Å². The van der Waals surface area contributed by atoms with Gasteiger partial charge in [0.15, 0.2) is 0 Å². The third-order valence-corrected chi connectivity index (χ3v) is 5.53. The summed E-state index contributed by atoms with van der Waals surface area (Å²) in [6, 6.07) is 13.8. The molecule has 1 aromatic heterocycles. The van der Waals surface area contributed by atoms with Gasteiger partial charge in [-0.2, -0.15) is 5.10 Å². The molecular formula is C19H20N4O3S. The number of rotatable bonds is 6. The quantitative estimate of drug-likeness (QED) is 0.682. The molecule has 0 spiro atoms. The molecule has 0 aliphatic carbocycles. The Morgan fingerprint density at radius 1 is 1.15 bits per heavy atom. The number of aryl methyl sites for hydroxylation is 1. The molecule has 0 atom stereocenters. The van der Waals surface area contributed by atoms with Gasteiger partial charge in [0.2, 0.25) is 10.0 Å². The highest BCUT2D eigenvalue weighted by Gasteiger charge is 2.16. The minimum atomic E-state index is -3.62. The minimum absolute atomic E-state index is 0.0492. The van der Waals surface area contributed by atoms with Gasteiger partial charge in [-0.25, -0.2) is 13.1 Å². The van der Waals surface area contributed by atoms with E-state index in [0.29, 0.717) is 23.4 Å². The van der Waals surface area contributed by atoms with Crippen molar-refractivity contribution in [3.8, 4) is 0 Å². The predicted molar refractivity (Wildman–Crippen MR) is 103 cm³/mol. The lowest BCUT2D eigenvalue weighted by atomic mass is 10.1. The summed E-state index contributed by atoms with van der Waals surface area (Å²) in [6.45, 7) is 2.35. The summed E-state index contributed by atoms with van der Waals surface area (Å²) in [4.78, 5) is 12.7. The number of carbonyl (C=O) groups is 1. The zero-order chi connectivity index (χ0) is 19.4. The Balaban J connectivity index is 1.82. The molecule has 1 amide bonds. The Kier molecular flexibility index (Phi) is 5.38. The molecule has 1 heterocycles. The number of benzene rings is 2. The van der Waals surface area contributed by atoms with E-state index in [4.69, 9.17) is 0 Å². The molecule has 0 saturated heterocycles. The van der Waals surface area contributed by atoms with E-state index in [1.54, 1.807) is 29.9 Å². The molecule has 140 valence electrons. The molecule has 7 nitrogen and oxygen atoms in total. The maximum absolute atomic E-state index is 12.7. The highest BCUT2D eigenvalue weighted by molar-refractivity contribution is 7.89. The van der Waals surface area contributed by atoms with Crippen molar-refractivity contribution in [2.75, 3.05) is 12.4 Å². The molecule has 3 aromatic rings. The van der Waals surface area contributed by atoms with Gasteiger partial charge in [-0.15, -0.1) is 0 Å². The highest BCUT2D eigenvalue weighted by atomic mass is 32.2. The van der Waals surface area contributed by atoms with Gasteiger partial charge >= 0.3 is 0 Å². The molecule has 27 heavy (non-hydrogen) atoms. The third kappa shape index (κ3) is 4.42. The summed E-state index contributed by atoms with van der Waals surface area (Å²) in [5, 5.41) is 7.00. The second-order valence-electron chi connectivity index (χ2n) is 6.04. The number of sulfonamides is 1. The van der Waals surface area contributed by atoms with Gasteiger partial charge in [-0.3, -0.25) is 9.48 Å². The van der Waals surface area contributed by atoms with E-state index >= 15 is 0 Å². The topological polar surface area (TPSA) is 93.1 Å². The third-order valence-electron chi connectivity index (χ3n) is 4.12. The fourth-order valence-electron chi connectivity index (χ4n) is 2.66. The summed E-state index contributed by atoms with van der Waals surface area (Å²) >= 11 is 0. The van der Waals surface area contributed by atoms with Crippen LogP contribution in [0.15, 0.2) is 65.8 Å². The SMILES string of the molecule is CNS(=O)(=O)c1ccc(C)c(C(=O)Nc2cccc(Cn3cccn3)c2)c1. The molecule has 8 heteroatoms. The van der Waals surface area contributed by atoms with Crippen molar-refractivity contribution in [1.82, 2.24) is 14.5 Å². The molecule has 0 saturated carbocycles. The molecule has 3 rings (SSSR count). The molecule has 0 bridgehead atoms. The molecule has 0 aliphatic rings. The van der Waals surface area contributed by atoms with Crippen molar-refractivity contribution in [2.45, 2.75) is 18.4 Å². The lowest BCUT2D eigenvalue weighted by Crippen LogP contribution is -2.20. The van der Waals surface area contributed by atoms with E-state index in [-0.39, 0.29) is 10.8 Å². The van der Waals surface area contributed by atoms with Crippen molar-refractivity contribution in [3.05, 3.63) is 77.6 Å². The van der Waals surface area contributed by atoms with Crippen LogP contribution in [0.4, 0.5) is 5.69 Å². The average Bonchev–Trinajstić information content (AvgIpc) is 3.15. The van der Waals surface area contributed by atoms with E-state index < -0.39 is 10.0 Å².